The number of hydrogen-bond donors (Lipinski definition) is 2. The SMILES string of the molecule is CCCCC[C@@H](C)C[C@H](CNC(=O)O[C@H](OC(C)=O)C(C)C)CC(=O)O. The lowest BCUT2D eigenvalue weighted by Crippen LogP contribution is -2.37. The van der Waals surface area contributed by atoms with E-state index in [-0.39, 0.29) is 24.8 Å². The van der Waals surface area contributed by atoms with E-state index in [2.05, 4.69) is 19.2 Å². The van der Waals surface area contributed by atoms with Crippen molar-refractivity contribution in [2.24, 2.45) is 17.8 Å². The number of carboxylic acid groups (broad SMARTS) is 1. The van der Waals surface area contributed by atoms with Gasteiger partial charge in [-0.15, -0.1) is 0 Å². The molecule has 0 saturated carbocycles. The molecule has 7 heteroatoms. The molecule has 0 heterocycles. The molecule has 3 atom stereocenters. The van der Waals surface area contributed by atoms with Gasteiger partial charge in [-0.1, -0.05) is 53.4 Å². The number of aliphatic carboxylic acids is 1. The van der Waals surface area contributed by atoms with Crippen LogP contribution in [0.1, 0.15) is 73.1 Å². The number of carboxylic acids is 1. The minimum Gasteiger partial charge on any atom is -0.481 e. The first-order chi connectivity index (χ1) is 12.1. The topological polar surface area (TPSA) is 102 Å². The minimum absolute atomic E-state index is 0.00402. The van der Waals surface area contributed by atoms with Crippen molar-refractivity contribution < 1.29 is 29.0 Å². The van der Waals surface area contributed by atoms with E-state index in [1.807, 2.05) is 0 Å². The van der Waals surface area contributed by atoms with Gasteiger partial charge >= 0.3 is 18.0 Å². The summed E-state index contributed by atoms with van der Waals surface area (Å²) in [7, 11) is 0. The third kappa shape index (κ3) is 12.6. The Morgan fingerprint density at radius 2 is 1.73 bits per heavy atom. The normalized spacial score (nSPS) is 14.4. The van der Waals surface area contributed by atoms with Crippen LogP contribution in [-0.2, 0) is 19.1 Å². The smallest absolute Gasteiger partial charge is 0.410 e. The number of nitrogens with one attached hydrogen (secondary N) is 1. The molecule has 0 saturated heterocycles. The Kier molecular flexibility index (Phi) is 12.5. The first kappa shape index (κ1) is 24.2. The Balaban J connectivity index is 4.50. The molecule has 0 fully saturated rings. The molecule has 1 amide bonds. The minimum atomic E-state index is -0.960. The number of ether oxygens (including phenoxy) is 2. The van der Waals surface area contributed by atoms with Crippen molar-refractivity contribution in [3.63, 3.8) is 0 Å². The molecular weight excluding hydrogens is 338 g/mol. The van der Waals surface area contributed by atoms with Gasteiger partial charge in [-0.2, -0.15) is 0 Å². The summed E-state index contributed by atoms with van der Waals surface area (Å²) in [5, 5.41) is 11.7. The van der Waals surface area contributed by atoms with E-state index >= 15 is 0 Å². The molecular formula is C19H35NO6. The van der Waals surface area contributed by atoms with Crippen LogP contribution in [-0.4, -0.2) is 36.0 Å². The van der Waals surface area contributed by atoms with Crippen LogP contribution in [0, 0.1) is 17.8 Å². The van der Waals surface area contributed by atoms with Crippen LogP contribution in [0.2, 0.25) is 0 Å². The Labute approximate surface area is 156 Å². The van der Waals surface area contributed by atoms with E-state index < -0.39 is 24.3 Å². The highest BCUT2D eigenvalue weighted by molar-refractivity contribution is 5.69. The van der Waals surface area contributed by atoms with Crippen molar-refractivity contribution in [2.75, 3.05) is 6.54 Å². The Morgan fingerprint density at radius 3 is 2.23 bits per heavy atom. The summed E-state index contributed by atoms with van der Waals surface area (Å²) < 4.78 is 10.1. The maximum absolute atomic E-state index is 12.0. The van der Waals surface area contributed by atoms with Crippen LogP contribution in [0.25, 0.3) is 0 Å². The third-order valence-corrected chi connectivity index (χ3v) is 4.08. The molecule has 0 spiro atoms. The molecule has 0 aromatic heterocycles. The van der Waals surface area contributed by atoms with Crippen LogP contribution in [0.15, 0.2) is 0 Å². The van der Waals surface area contributed by atoms with Crippen molar-refractivity contribution in [3.05, 3.63) is 0 Å². The maximum atomic E-state index is 12.0. The lowest BCUT2D eigenvalue weighted by Gasteiger charge is -2.23. The van der Waals surface area contributed by atoms with Gasteiger partial charge in [0.2, 0.25) is 0 Å². The summed E-state index contributed by atoms with van der Waals surface area (Å²) >= 11 is 0. The highest BCUT2D eigenvalue weighted by Crippen LogP contribution is 2.20. The number of alkyl carbamates (subject to hydrolysis) is 1. The highest BCUT2D eigenvalue weighted by atomic mass is 16.7. The fraction of sp³-hybridized carbons (Fsp3) is 0.842. The molecule has 0 aromatic carbocycles. The second-order valence-corrected chi connectivity index (χ2v) is 7.31. The molecule has 152 valence electrons. The molecule has 0 bridgehead atoms. The Hall–Kier alpha value is -1.79. The highest BCUT2D eigenvalue weighted by Gasteiger charge is 2.23. The summed E-state index contributed by atoms with van der Waals surface area (Å²) in [5.41, 5.74) is 0. The Morgan fingerprint density at radius 1 is 1.08 bits per heavy atom. The number of carbonyl (C=O) groups is 3. The molecule has 0 rings (SSSR count). The summed E-state index contributed by atoms with van der Waals surface area (Å²) in [6.45, 7) is 9.26. The largest absolute Gasteiger partial charge is 0.481 e. The number of esters is 1. The number of carbonyl (C=O) groups excluding carboxylic acids is 2. The standard InChI is InChI=1S/C19H35NO6/c1-6-7-8-9-14(4)10-16(11-17(22)23)12-20-19(24)26-18(13(2)3)25-15(5)21/h13-14,16,18H,6-12H2,1-5H3,(H,20,24)(H,22,23)/t14-,16+,18+/m1/s1. The zero-order valence-electron chi connectivity index (χ0n) is 16.7. The molecule has 0 aliphatic rings. The van der Waals surface area contributed by atoms with Crippen molar-refractivity contribution in [2.45, 2.75) is 79.4 Å². The zero-order valence-corrected chi connectivity index (χ0v) is 16.7. The van der Waals surface area contributed by atoms with Gasteiger partial charge < -0.3 is 19.9 Å². The van der Waals surface area contributed by atoms with Gasteiger partial charge in [0.1, 0.15) is 0 Å². The molecule has 0 radical (unpaired) electrons. The van der Waals surface area contributed by atoms with Gasteiger partial charge in [0.05, 0.1) is 0 Å². The average molecular weight is 373 g/mol. The van der Waals surface area contributed by atoms with Gasteiger partial charge in [-0.3, -0.25) is 9.59 Å². The fourth-order valence-corrected chi connectivity index (χ4v) is 2.75. The second-order valence-electron chi connectivity index (χ2n) is 7.31. The van der Waals surface area contributed by atoms with Crippen LogP contribution < -0.4 is 5.32 Å². The van der Waals surface area contributed by atoms with E-state index in [0.717, 1.165) is 25.7 Å². The molecule has 26 heavy (non-hydrogen) atoms. The lowest BCUT2D eigenvalue weighted by molar-refractivity contribution is -0.172. The summed E-state index contributed by atoms with van der Waals surface area (Å²) in [4.78, 5) is 34.1. The molecule has 0 aliphatic heterocycles. The number of unbranched alkanes of at least 4 members (excludes halogenated alkanes) is 2. The predicted octanol–water partition coefficient (Wildman–Crippen LogP) is 3.96. The average Bonchev–Trinajstić information content (AvgIpc) is 2.51. The Bertz CT molecular complexity index is 438. The van der Waals surface area contributed by atoms with Gasteiger partial charge in [0.15, 0.2) is 0 Å². The fourth-order valence-electron chi connectivity index (χ4n) is 2.75. The van der Waals surface area contributed by atoms with Crippen molar-refractivity contribution in [3.8, 4) is 0 Å². The van der Waals surface area contributed by atoms with E-state index in [1.165, 1.54) is 13.3 Å². The third-order valence-electron chi connectivity index (χ3n) is 4.08. The van der Waals surface area contributed by atoms with Crippen LogP contribution in [0.5, 0.6) is 0 Å². The van der Waals surface area contributed by atoms with Crippen molar-refractivity contribution in [1.82, 2.24) is 5.32 Å². The molecule has 0 aromatic rings. The van der Waals surface area contributed by atoms with E-state index in [0.29, 0.717) is 5.92 Å². The van der Waals surface area contributed by atoms with Gasteiger partial charge in [-0.05, 0) is 18.3 Å². The van der Waals surface area contributed by atoms with Gasteiger partial charge in [-0.25, -0.2) is 4.79 Å². The molecule has 0 unspecified atom stereocenters. The van der Waals surface area contributed by atoms with Gasteiger partial charge in [0.25, 0.3) is 6.29 Å². The van der Waals surface area contributed by atoms with Gasteiger partial charge in [0, 0.05) is 25.8 Å². The predicted molar refractivity (Wildman–Crippen MR) is 98.5 cm³/mol. The van der Waals surface area contributed by atoms with Crippen LogP contribution in [0.3, 0.4) is 0 Å². The lowest BCUT2D eigenvalue weighted by atomic mass is 9.89. The summed E-state index contributed by atoms with van der Waals surface area (Å²) in [5.74, 6) is -1.36. The summed E-state index contributed by atoms with van der Waals surface area (Å²) in [6.07, 6.45) is 3.56. The first-order valence-electron chi connectivity index (χ1n) is 9.49. The molecule has 7 nitrogen and oxygen atoms in total. The zero-order chi connectivity index (χ0) is 20.1. The van der Waals surface area contributed by atoms with Crippen LogP contribution >= 0.6 is 0 Å². The second kappa shape index (κ2) is 13.4. The van der Waals surface area contributed by atoms with E-state index in [4.69, 9.17) is 14.6 Å². The molecule has 2 N–H and O–H groups in total. The van der Waals surface area contributed by atoms with E-state index in [1.54, 1.807) is 13.8 Å². The monoisotopic (exact) mass is 373 g/mol. The number of amides is 1. The van der Waals surface area contributed by atoms with E-state index in [9.17, 15) is 14.4 Å². The summed E-state index contributed by atoms with van der Waals surface area (Å²) in [6, 6.07) is 0. The first-order valence-corrected chi connectivity index (χ1v) is 9.49. The van der Waals surface area contributed by atoms with Crippen molar-refractivity contribution in [1.29, 1.82) is 0 Å². The molecule has 0 aliphatic carbocycles. The number of hydrogen-bond acceptors (Lipinski definition) is 5. The maximum Gasteiger partial charge on any atom is 0.410 e. The number of rotatable bonds is 13. The quantitative estimate of drug-likeness (QED) is 0.288. The van der Waals surface area contributed by atoms with Crippen LogP contribution in [0.4, 0.5) is 4.79 Å². The van der Waals surface area contributed by atoms with Crippen molar-refractivity contribution >= 4 is 18.0 Å².